The van der Waals surface area contributed by atoms with Gasteiger partial charge in [0.2, 0.25) is 5.75 Å². The predicted molar refractivity (Wildman–Crippen MR) is 120 cm³/mol. The molecule has 1 fully saturated rings. The van der Waals surface area contributed by atoms with Crippen LogP contribution in [0.2, 0.25) is 0 Å². The van der Waals surface area contributed by atoms with Gasteiger partial charge in [0.1, 0.15) is 0 Å². The molecule has 0 radical (unpaired) electrons. The fourth-order valence-corrected chi connectivity index (χ4v) is 4.31. The maximum atomic E-state index is 13.7. The third kappa shape index (κ3) is 3.28. The van der Waals surface area contributed by atoms with Crippen LogP contribution in [0.1, 0.15) is 41.3 Å². The molecule has 0 bridgehead atoms. The first kappa shape index (κ1) is 19.4. The lowest BCUT2D eigenvalue weighted by Crippen LogP contribution is -2.29. The fourth-order valence-electron chi connectivity index (χ4n) is 4.31. The van der Waals surface area contributed by atoms with E-state index in [1.54, 1.807) is 26.4 Å². The second-order valence-corrected chi connectivity index (χ2v) is 7.86. The Hall–Kier alpha value is -3.53. The summed E-state index contributed by atoms with van der Waals surface area (Å²) in [7, 11) is 3.13. The van der Waals surface area contributed by atoms with Crippen molar-refractivity contribution >= 4 is 16.9 Å². The van der Waals surface area contributed by atoms with Crippen molar-refractivity contribution in [1.29, 1.82) is 0 Å². The summed E-state index contributed by atoms with van der Waals surface area (Å²) in [5.74, 6) is 1.34. The molecule has 1 heterocycles. The molecule has 5 rings (SSSR count). The molecule has 0 saturated heterocycles. The molecule has 0 spiro atoms. The first-order chi connectivity index (χ1) is 15.2. The van der Waals surface area contributed by atoms with E-state index in [0.29, 0.717) is 28.4 Å². The van der Waals surface area contributed by atoms with Crippen LogP contribution >= 0.6 is 0 Å². The van der Waals surface area contributed by atoms with E-state index in [4.69, 9.17) is 14.2 Å². The lowest BCUT2D eigenvalue weighted by atomic mass is 9.88. The van der Waals surface area contributed by atoms with Crippen molar-refractivity contribution in [3.63, 3.8) is 0 Å². The van der Waals surface area contributed by atoms with Gasteiger partial charge in [-0.3, -0.25) is 4.79 Å². The molecule has 2 aliphatic rings. The molecule has 4 nitrogen and oxygen atoms in total. The average molecular weight is 412 g/mol. The monoisotopic (exact) mass is 412 g/mol. The SMILES string of the molecule is COc1ccc2c(c1OC)OC(c1ccccc1)C(=c1ccc(=C3CCC3)cc1)C2=O. The van der Waals surface area contributed by atoms with Crippen LogP contribution in [-0.2, 0) is 0 Å². The van der Waals surface area contributed by atoms with Crippen molar-refractivity contribution in [1.82, 2.24) is 0 Å². The van der Waals surface area contributed by atoms with E-state index in [1.807, 2.05) is 42.5 Å². The van der Waals surface area contributed by atoms with Crippen LogP contribution in [0.25, 0.3) is 11.1 Å². The zero-order valence-electron chi connectivity index (χ0n) is 17.7. The van der Waals surface area contributed by atoms with Crippen molar-refractivity contribution in [3.8, 4) is 17.2 Å². The third-order valence-corrected chi connectivity index (χ3v) is 6.15. The molecule has 1 unspecified atom stereocenters. The van der Waals surface area contributed by atoms with Gasteiger partial charge in [-0.1, -0.05) is 60.2 Å². The van der Waals surface area contributed by atoms with Gasteiger partial charge in [-0.05, 0) is 47.4 Å². The van der Waals surface area contributed by atoms with Crippen LogP contribution in [0.4, 0.5) is 0 Å². The molecule has 1 aliphatic carbocycles. The standard InChI is InChI=1S/C27H24O4/c1-29-22-16-15-21-24(28)23(19-13-11-18(12-14-19)17-9-6-10-17)25(20-7-4-3-5-8-20)31-26(21)27(22)30-2/h3-5,7-8,11-16,25H,6,9-10H2,1-2H3. The van der Waals surface area contributed by atoms with Gasteiger partial charge in [-0.2, -0.15) is 0 Å². The molecule has 1 atom stereocenters. The first-order valence-corrected chi connectivity index (χ1v) is 10.5. The number of Topliss-reactive ketones (excluding diaryl/α,β-unsaturated/α-hetero) is 1. The number of hydrogen-bond donors (Lipinski definition) is 0. The maximum absolute atomic E-state index is 13.7. The molecule has 0 aromatic heterocycles. The Bertz CT molecular complexity index is 1250. The van der Waals surface area contributed by atoms with Gasteiger partial charge in [0.15, 0.2) is 23.4 Å². The average Bonchev–Trinajstić information content (AvgIpc) is 2.78. The third-order valence-electron chi connectivity index (χ3n) is 6.15. The van der Waals surface area contributed by atoms with E-state index in [0.717, 1.165) is 10.8 Å². The summed E-state index contributed by atoms with van der Waals surface area (Å²) in [6, 6.07) is 21.6. The fraction of sp³-hybridized carbons (Fsp3) is 0.222. The Morgan fingerprint density at radius 2 is 1.55 bits per heavy atom. The van der Waals surface area contributed by atoms with E-state index < -0.39 is 6.10 Å². The van der Waals surface area contributed by atoms with Crippen molar-refractivity contribution in [3.05, 3.63) is 88.3 Å². The lowest BCUT2D eigenvalue weighted by molar-refractivity contribution is 0.100. The van der Waals surface area contributed by atoms with Gasteiger partial charge in [0.25, 0.3) is 0 Å². The number of fused-ring (bicyclic) bond motifs is 1. The van der Waals surface area contributed by atoms with E-state index in [1.165, 1.54) is 30.1 Å². The quantitative estimate of drug-likeness (QED) is 0.647. The smallest absolute Gasteiger partial charge is 0.204 e. The zero-order chi connectivity index (χ0) is 21.4. The molecule has 31 heavy (non-hydrogen) atoms. The first-order valence-electron chi connectivity index (χ1n) is 10.5. The molecular formula is C27H24O4. The number of ketones is 1. The van der Waals surface area contributed by atoms with Crippen LogP contribution in [0.3, 0.4) is 0 Å². The Morgan fingerprint density at radius 1 is 0.839 bits per heavy atom. The van der Waals surface area contributed by atoms with Crippen molar-refractivity contribution < 1.29 is 19.0 Å². The second-order valence-electron chi connectivity index (χ2n) is 7.86. The Balaban J connectivity index is 1.74. The highest BCUT2D eigenvalue weighted by Gasteiger charge is 2.36. The minimum atomic E-state index is -0.538. The van der Waals surface area contributed by atoms with Gasteiger partial charge in [-0.15, -0.1) is 0 Å². The van der Waals surface area contributed by atoms with Gasteiger partial charge in [0.05, 0.1) is 25.4 Å². The van der Waals surface area contributed by atoms with Crippen LogP contribution in [0, 0.1) is 0 Å². The zero-order valence-corrected chi connectivity index (χ0v) is 17.7. The molecule has 0 amide bonds. The highest BCUT2D eigenvalue weighted by Crippen LogP contribution is 2.47. The van der Waals surface area contributed by atoms with Crippen LogP contribution in [0.5, 0.6) is 17.2 Å². The normalized spacial score (nSPS) is 17.5. The maximum Gasteiger partial charge on any atom is 0.204 e. The molecule has 1 saturated carbocycles. The molecule has 0 N–H and O–H groups in total. The van der Waals surface area contributed by atoms with E-state index in [9.17, 15) is 4.79 Å². The molecule has 156 valence electrons. The number of hydrogen-bond acceptors (Lipinski definition) is 4. The number of ether oxygens (including phenoxy) is 3. The van der Waals surface area contributed by atoms with E-state index >= 15 is 0 Å². The molecule has 3 aromatic rings. The van der Waals surface area contributed by atoms with Gasteiger partial charge < -0.3 is 14.2 Å². The minimum Gasteiger partial charge on any atom is -0.493 e. The topological polar surface area (TPSA) is 44.8 Å². The lowest BCUT2D eigenvalue weighted by Gasteiger charge is -2.30. The minimum absolute atomic E-state index is 0.0555. The highest BCUT2D eigenvalue weighted by molar-refractivity contribution is 6.27. The summed E-state index contributed by atoms with van der Waals surface area (Å²) in [4.78, 5) is 13.7. The predicted octanol–water partition coefficient (Wildman–Crippen LogP) is 4.21. The summed E-state index contributed by atoms with van der Waals surface area (Å²) in [6.45, 7) is 0. The van der Waals surface area contributed by atoms with Gasteiger partial charge in [0, 0.05) is 0 Å². The molecule has 1 aliphatic heterocycles. The number of benzene rings is 3. The summed E-state index contributed by atoms with van der Waals surface area (Å²) >= 11 is 0. The van der Waals surface area contributed by atoms with Gasteiger partial charge in [-0.25, -0.2) is 0 Å². The number of rotatable bonds is 3. The Kier molecular flexibility index (Phi) is 4.99. The summed E-state index contributed by atoms with van der Waals surface area (Å²) < 4.78 is 17.4. The van der Waals surface area contributed by atoms with E-state index in [-0.39, 0.29) is 5.78 Å². The molecular weight excluding hydrogens is 388 g/mol. The number of methoxy groups -OCH3 is 2. The van der Waals surface area contributed by atoms with Crippen LogP contribution in [0.15, 0.2) is 66.7 Å². The van der Waals surface area contributed by atoms with Crippen LogP contribution in [-0.4, -0.2) is 20.0 Å². The van der Waals surface area contributed by atoms with Crippen molar-refractivity contribution in [2.24, 2.45) is 0 Å². The van der Waals surface area contributed by atoms with Crippen molar-refractivity contribution in [2.75, 3.05) is 14.2 Å². The highest BCUT2D eigenvalue weighted by atomic mass is 16.5. The Morgan fingerprint density at radius 3 is 2.16 bits per heavy atom. The largest absolute Gasteiger partial charge is 0.493 e. The van der Waals surface area contributed by atoms with Crippen LogP contribution < -0.4 is 24.6 Å². The number of carbonyl (C=O) groups is 1. The summed E-state index contributed by atoms with van der Waals surface area (Å²) in [6.07, 6.45) is 3.06. The van der Waals surface area contributed by atoms with E-state index in [2.05, 4.69) is 12.1 Å². The number of carbonyl (C=O) groups excluding carboxylic acids is 1. The summed E-state index contributed by atoms with van der Waals surface area (Å²) in [5.41, 5.74) is 3.52. The molecule has 4 heteroatoms. The van der Waals surface area contributed by atoms with Gasteiger partial charge >= 0.3 is 0 Å². The van der Waals surface area contributed by atoms with Crippen molar-refractivity contribution in [2.45, 2.75) is 25.4 Å². The Labute approximate surface area is 181 Å². The molecule has 3 aromatic carbocycles. The summed E-state index contributed by atoms with van der Waals surface area (Å²) in [5, 5.41) is 2.14. The second kappa shape index (κ2) is 7.95.